The van der Waals surface area contributed by atoms with Crippen LogP contribution >= 0.6 is 0 Å². The van der Waals surface area contributed by atoms with E-state index < -0.39 is 6.03 Å². The normalized spacial score (nSPS) is 16.8. The van der Waals surface area contributed by atoms with Gasteiger partial charge in [0, 0.05) is 24.4 Å². The number of hydrogen-bond acceptors (Lipinski definition) is 4. The quantitative estimate of drug-likeness (QED) is 0.607. The lowest BCUT2D eigenvalue weighted by molar-refractivity contribution is 0.0961. The molecule has 2 aromatic rings. The minimum Gasteiger partial charge on any atom is -0.491 e. The zero-order valence-electron chi connectivity index (χ0n) is 17.0. The Kier molecular flexibility index (Phi) is 7.79. The molecule has 1 saturated heterocycles. The fourth-order valence-electron chi connectivity index (χ4n) is 3.77. The molecule has 30 heavy (non-hydrogen) atoms. The van der Waals surface area contributed by atoms with Crippen LogP contribution in [0, 0.1) is 11.7 Å². The number of nitrogens with zero attached hydrogens (tertiary/aromatic N) is 1. The molecule has 0 saturated carbocycles. The molecule has 1 heterocycles. The lowest BCUT2D eigenvalue weighted by Crippen LogP contribution is -2.38. The second-order valence-electron chi connectivity index (χ2n) is 7.64. The number of carbonyl (C=O) groups is 2. The molecule has 0 bridgehead atoms. The lowest BCUT2D eigenvalue weighted by atomic mass is 9.98. The number of amides is 2. The van der Waals surface area contributed by atoms with Crippen molar-refractivity contribution in [2.45, 2.75) is 25.7 Å². The van der Waals surface area contributed by atoms with Crippen molar-refractivity contribution in [1.82, 2.24) is 4.90 Å². The van der Waals surface area contributed by atoms with Crippen molar-refractivity contribution in [3.05, 3.63) is 59.9 Å². The number of ether oxygens (including phenoxy) is 1. The molecule has 2 aromatic carbocycles. The molecule has 1 fully saturated rings. The van der Waals surface area contributed by atoms with E-state index >= 15 is 0 Å². The molecule has 1 unspecified atom stereocenters. The molecule has 2 amide bonds. The van der Waals surface area contributed by atoms with Crippen molar-refractivity contribution in [1.29, 1.82) is 0 Å². The van der Waals surface area contributed by atoms with Gasteiger partial charge in [0.2, 0.25) is 0 Å². The molecule has 7 heteroatoms. The van der Waals surface area contributed by atoms with Crippen LogP contribution in [-0.4, -0.2) is 43.0 Å². The first-order valence-corrected chi connectivity index (χ1v) is 10.3. The largest absolute Gasteiger partial charge is 0.491 e. The van der Waals surface area contributed by atoms with Gasteiger partial charge < -0.3 is 20.7 Å². The summed E-state index contributed by atoms with van der Waals surface area (Å²) >= 11 is 0. The molecule has 1 aliphatic rings. The van der Waals surface area contributed by atoms with Gasteiger partial charge in [0.15, 0.2) is 5.78 Å². The van der Waals surface area contributed by atoms with Crippen LogP contribution in [0.25, 0.3) is 0 Å². The van der Waals surface area contributed by atoms with E-state index in [1.165, 1.54) is 24.3 Å². The highest BCUT2D eigenvalue weighted by Gasteiger charge is 2.21. The molecule has 1 atom stereocenters. The number of ketones is 1. The van der Waals surface area contributed by atoms with Gasteiger partial charge in [-0.1, -0.05) is 12.1 Å². The first kappa shape index (κ1) is 21.8. The average molecular weight is 413 g/mol. The Morgan fingerprint density at radius 3 is 2.70 bits per heavy atom. The zero-order chi connectivity index (χ0) is 21.3. The number of urea groups is 1. The van der Waals surface area contributed by atoms with Gasteiger partial charge in [-0.2, -0.15) is 0 Å². The third-order valence-corrected chi connectivity index (χ3v) is 5.27. The van der Waals surface area contributed by atoms with Crippen LogP contribution in [0.5, 0.6) is 5.75 Å². The molecule has 0 spiro atoms. The second-order valence-corrected chi connectivity index (χ2v) is 7.64. The summed E-state index contributed by atoms with van der Waals surface area (Å²) in [5.74, 6) is 0.707. The molecule has 3 rings (SSSR count). The number of likely N-dealkylation sites (tertiary alicyclic amines) is 1. The first-order valence-electron chi connectivity index (χ1n) is 10.3. The fraction of sp³-hybridized carbons (Fsp3) is 0.391. The van der Waals surface area contributed by atoms with Crippen LogP contribution in [0.3, 0.4) is 0 Å². The van der Waals surface area contributed by atoms with Gasteiger partial charge in [-0.05, 0) is 68.8 Å². The summed E-state index contributed by atoms with van der Waals surface area (Å²) < 4.78 is 18.9. The van der Waals surface area contributed by atoms with Crippen molar-refractivity contribution >= 4 is 17.5 Å². The van der Waals surface area contributed by atoms with Gasteiger partial charge in [0.1, 0.15) is 11.6 Å². The number of rotatable bonds is 9. The van der Waals surface area contributed by atoms with Gasteiger partial charge in [-0.25, -0.2) is 9.18 Å². The lowest BCUT2D eigenvalue weighted by Gasteiger charge is -2.32. The molecule has 6 nitrogen and oxygen atoms in total. The summed E-state index contributed by atoms with van der Waals surface area (Å²) in [6, 6.07) is 12.3. The summed E-state index contributed by atoms with van der Waals surface area (Å²) in [6.45, 7) is 3.34. The van der Waals surface area contributed by atoms with E-state index in [1.54, 1.807) is 6.07 Å². The zero-order valence-corrected chi connectivity index (χ0v) is 17.0. The number of hydrogen-bond donors (Lipinski definition) is 2. The first-order chi connectivity index (χ1) is 14.5. The van der Waals surface area contributed by atoms with Gasteiger partial charge in [0.25, 0.3) is 0 Å². The maximum Gasteiger partial charge on any atom is 0.316 e. The van der Waals surface area contributed by atoms with E-state index in [9.17, 15) is 14.0 Å². The van der Waals surface area contributed by atoms with Gasteiger partial charge in [-0.15, -0.1) is 0 Å². The van der Waals surface area contributed by atoms with Crippen molar-refractivity contribution in [2.75, 3.05) is 31.6 Å². The van der Waals surface area contributed by atoms with Crippen molar-refractivity contribution in [3.8, 4) is 5.75 Å². The number of Topliss-reactive ketones (excluding diaryl/α,β-unsaturated/α-hetero) is 1. The summed E-state index contributed by atoms with van der Waals surface area (Å²) in [5, 5.41) is 2.58. The molecule has 1 aliphatic heterocycles. The Labute approximate surface area is 176 Å². The number of benzene rings is 2. The van der Waals surface area contributed by atoms with Crippen LogP contribution in [-0.2, 0) is 0 Å². The van der Waals surface area contributed by atoms with E-state index in [0.717, 1.165) is 38.9 Å². The van der Waals surface area contributed by atoms with Crippen LogP contribution in [0.2, 0.25) is 0 Å². The molecule has 0 aliphatic carbocycles. The molecule has 3 N–H and O–H groups in total. The monoisotopic (exact) mass is 413 g/mol. The van der Waals surface area contributed by atoms with Crippen LogP contribution in [0.4, 0.5) is 14.9 Å². The Balaban J connectivity index is 1.43. The maximum atomic E-state index is 13.0. The van der Waals surface area contributed by atoms with Crippen LogP contribution < -0.4 is 15.8 Å². The Morgan fingerprint density at radius 2 is 1.93 bits per heavy atom. The molecule has 0 aromatic heterocycles. The van der Waals surface area contributed by atoms with Crippen LogP contribution in [0.15, 0.2) is 48.5 Å². The van der Waals surface area contributed by atoms with Crippen molar-refractivity contribution < 1.29 is 18.7 Å². The van der Waals surface area contributed by atoms with E-state index in [-0.39, 0.29) is 11.6 Å². The summed E-state index contributed by atoms with van der Waals surface area (Å²) in [5.41, 5.74) is 6.34. The number of carbonyl (C=O) groups excluding carboxylic acids is 2. The highest BCUT2D eigenvalue weighted by Crippen LogP contribution is 2.25. The molecule has 0 radical (unpaired) electrons. The highest BCUT2D eigenvalue weighted by molar-refractivity contribution is 5.96. The van der Waals surface area contributed by atoms with E-state index in [1.807, 2.05) is 18.2 Å². The van der Waals surface area contributed by atoms with E-state index in [2.05, 4.69) is 10.2 Å². The second kappa shape index (κ2) is 10.7. The average Bonchev–Trinajstić information content (AvgIpc) is 2.73. The topological polar surface area (TPSA) is 84.7 Å². The third kappa shape index (κ3) is 6.56. The minimum atomic E-state index is -0.620. The number of nitrogens with one attached hydrogen (secondary N) is 1. The van der Waals surface area contributed by atoms with Crippen molar-refractivity contribution in [3.63, 3.8) is 0 Å². The molecular formula is C23H28FN3O3. The standard InChI is InChI=1S/C23H28FN3O3/c24-19-11-9-18(10-12-19)21(28)7-4-14-27-13-3-5-17(15-27)16-30-22-8-2-1-6-20(22)26-23(25)29/h1-2,6,8-12,17H,3-5,7,13-16H2,(H3,25,26,29). The fourth-order valence-corrected chi connectivity index (χ4v) is 3.77. The summed E-state index contributed by atoms with van der Waals surface area (Å²) in [6.07, 6.45) is 3.39. The number of anilines is 1. The Hall–Kier alpha value is -2.93. The molecular weight excluding hydrogens is 385 g/mol. The predicted octanol–water partition coefficient (Wildman–Crippen LogP) is 4.07. The van der Waals surface area contributed by atoms with Gasteiger partial charge in [0.05, 0.1) is 12.3 Å². The maximum absolute atomic E-state index is 13.0. The highest BCUT2D eigenvalue weighted by atomic mass is 19.1. The molecule has 160 valence electrons. The number of halogens is 1. The van der Waals surface area contributed by atoms with Crippen LogP contribution in [0.1, 0.15) is 36.0 Å². The summed E-state index contributed by atoms with van der Waals surface area (Å²) in [4.78, 5) is 25.7. The predicted molar refractivity (Wildman–Crippen MR) is 114 cm³/mol. The Bertz CT molecular complexity index is 857. The van der Waals surface area contributed by atoms with E-state index in [0.29, 0.717) is 35.9 Å². The van der Waals surface area contributed by atoms with Gasteiger partial charge >= 0.3 is 6.03 Å². The smallest absolute Gasteiger partial charge is 0.316 e. The third-order valence-electron chi connectivity index (χ3n) is 5.27. The Morgan fingerprint density at radius 1 is 1.17 bits per heavy atom. The number of nitrogens with two attached hydrogens (primary N) is 1. The SMILES string of the molecule is NC(=O)Nc1ccccc1OCC1CCCN(CCCC(=O)c2ccc(F)cc2)C1. The van der Waals surface area contributed by atoms with Crippen molar-refractivity contribution in [2.24, 2.45) is 11.7 Å². The van der Waals surface area contributed by atoms with Gasteiger partial charge in [-0.3, -0.25) is 4.79 Å². The number of primary amides is 1. The minimum absolute atomic E-state index is 0.0467. The number of piperidine rings is 1. The number of para-hydroxylation sites is 2. The summed E-state index contributed by atoms with van der Waals surface area (Å²) in [7, 11) is 0. The van der Waals surface area contributed by atoms with E-state index in [4.69, 9.17) is 10.5 Å².